The molecule has 6 nitrogen and oxygen atoms in total. The third kappa shape index (κ3) is 3.67. The Morgan fingerprint density at radius 2 is 1.76 bits per heavy atom. The minimum atomic E-state index is -0.769. The number of aliphatic hydroxyl groups excluding tert-OH is 1. The average molecular weight is 441 g/mol. The zero-order valence-corrected chi connectivity index (χ0v) is 17.5. The highest BCUT2D eigenvalue weighted by atomic mass is 19.1. The van der Waals surface area contributed by atoms with Gasteiger partial charge in [-0.1, -0.05) is 30.3 Å². The van der Waals surface area contributed by atoms with Crippen LogP contribution in [-0.4, -0.2) is 38.2 Å². The molecule has 4 aromatic rings. The zero-order chi connectivity index (χ0) is 22.9. The smallest absolute Gasteiger partial charge is 0.295 e. The van der Waals surface area contributed by atoms with Crippen molar-refractivity contribution >= 4 is 28.4 Å². The summed E-state index contributed by atoms with van der Waals surface area (Å²) in [5.74, 6) is -1.99. The van der Waals surface area contributed by atoms with Gasteiger partial charge < -0.3 is 15.0 Å². The number of halogens is 1. The Balaban J connectivity index is 1.62. The van der Waals surface area contributed by atoms with E-state index in [1.54, 1.807) is 30.5 Å². The molecule has 0 saturated carbocycles. The highest BCUT2D eigenvalue weighted by molar-refractivity contribution is 6.46. The Morgan fingerprint density at radius 1 is 1.03 bits per heavy atom. The van der Waals surface area contributed by atoms with E-state index in [2.05, 4.69) is 9.97 Å². The topological polar surface area (TPSA) is 86.3 Å². The molecule has 2 aromatic carbocycles. The van der Waals surface area contributed by atoms with Crippen LogP contribution in [0.15, 0.2) is 84.8 Å². The number of aromatic amines is 1. The summed E-state index contributed by atoms with van der Waals surface area (Å²) in [6.07, 6.45) is 5.23. The lowest BCUT2D eigenvalue weighted by atomic mass is 9.95. The third-order valence-electron chi connectivity index (χ3n) is 5.96. The van der Waals surface area contributed by atoms with Gasteiger partial charge in [-0.05, 0) is 42.3 Å². The predicted molar refractivity (Wildman–Crippen MR) is 122 cm³/mol. The molecule has 5 rings (SSSR count). The van der Waals surface area contributed by atoms with Crippen LogP contribution < -0.4 is 0 Å². The normalized spacial score (nSPS) is 17.7. The molecular weight excluding hydrogens is 421 g/mol. The Kier molecular flexibility index (Phi) is 5.22. The van der Waals surface area contributed by atoms with Gasteiger partial charge in [-0.2, -0.15) is 0 Å². The summed E-state index contributed by atoms with van der Waals surface area (Å²) in [5.41, 5.74) is 2.87. The predicted octanol–water partition coefficient (Wildman–Crippen LogP) is 4.37. The molecule has 0 aliphatic carbocycles. The summed E-state index contributed by atoms with van der Waals surface area (Å²) in [4.78, 5) is 34.9. The average Bonchev–Trinajstić information content (AvgIpc) is 3.37. The second kappa shape index (κ2) is 8.35. The molecule has 1 amide bonds. The lowest BCUT2D eigenvalue weighted by molar-refractivity contribution is -0.139. The Bertz CT molecular complexity index is 1380. The van der Waals surface area contributed by atoms with Crippen molar-refractivity contribution in [2.45, 2.75) is 12.5 Å². The Labute approximate surface area is 189 Å². The molecule has 2 N–H and O–H groups in total. The van der Waals surface area contributed by atoms with E-state index in [4.69, 9.17) is 0 Å². The van der Waals surface area contributed by atoms with Crippen molar-refractivity contribution in [2.24, 2.45) is 0 Å². The second-order valence-electron chi connectivity index (χ2n) is 7.89. The quantitative estimate of drug-likeness (QED) is 0.274. The number of Topliss-reactive ketones (excluding diaryl/α,β-unsaturated/α-hetero) is 1. The molecule has 1 atom stereocenters. The SMILES string of the molecule is O=C1C(=O)N(CCc2ccc(F)cc2)C(c2c[nH]c3ccccc23)/C1=C(\O)c1ccncc1. The number of amides is 1. The summed E-state index contributed by atoms with van der Waals surface area (Å²) < 4.78 is 13.3. The maximum absolute atomic E-state index is 13.3. The van der Waals surface area contributed by atoms with Crippen LogP contribution in [0, 0.1) is 5.82 Å². The minimum Gasteiger partial charge on any atom is -0.507 e. The van der Waals surface area contributed by atoms with Crippen LogP contribution in [0.25, 0.3) is 16.7 Å². The summed E-state index contributed by atoms with van der Waals surface area (Å²) >= 11 is 0. The number of carbonyl (C=O) groups excluding carboxylic acids is 2. The van der Waals surface area contributed by atoms with Gasteiger partial charge in [-0.15, -0.1) is 0 Å². The van der Waals surface area contributed by atoms with E-state index >= 15 is 0 Å². The number of fused-ring (bicyclic) bond motifs is 1. The lowest BCUT2D eigenvalue weighted by Gasteiger charge is -2.25. The van der Waals surface area contributed by atoms with Gasteiger partial charge >= 0.3 is 0 Å². The molecule has 3 heterocycles. The maximum Gasteiger partial charge on any atom is 0.295 e. The van der Waals surface area contributed by atoms with E-state index in [1.807, 2.05) is 24.3 Å². The van der Waals surface area contributed by atoms with Gasteiger partial charge in [0.25, 0.3) is 11.7 Å². The molecule has 2 aromatic heterocycles. The van der Waals surface area contributed by atoms with Gasteiger partial charge in [-0.3, -0.25) is 14.6 Å². The van der Waals surface area contributed by atoms with Gasteiger partial charge in [0.1, 0.15) is 11.6 Å². The Hall–Kier alpha value is -4.26. The van der Waals surface area contributed by atoms with Crippen molar-refractivity contribution in [3.63, 3.8) is 0 Å². The molecule has 0 bridgehead atoms. The van der Waals surface area contributed by atoms with Crippen molar-refractivity contribution in [3.05, 3.63) is 107 Å². The number of ketones is 1. The van der Waals surface area contributed by atoms with Crippen LogP contribution in [0.5, 0.6) is 0 Å². The fourth-order valence-corrected chi connectivity index (χ4v) is 4.32. The molecule has 164 valence electrons. The molecule has 7 heteroatoms. The zero-order valence-electron chi connectivity index (χ0n) is 17.5. The van der Waals surface area contributed by atoms with E-state index in [1.165, 1.54) is 29.4 Å². The molecule has 1 fully saturated rings. The number of para-hydroxylation sites is 1. The van der Waals surface area contributed by atoms with Crippen molar-refractivity contribution < 1.29 is 19.1 Å². The molecule has 1 aliphatic rings. The largest absolute Gasteiger partial charge is 0.507 e. The maximum atomic E-state index is 13.3. The standard InChI is InChI=1S/C26H20FN3O3/c27-18-7-5-16(6-8-18)11-14-30-23(20-15-29-21-4-2-1-3-19(20)21)22(25(32)26(30)33)24(31)17-9-12-28-13-10-17/h1-10,12-13,15,23,29,31H,11,14H2/b24-22+. The lowest BCUT2D eigenvalue weighted by Crippen LogP contribution is -2.31. The number of rotatable bonds is 5. The van der Waals surface area contributed by atoms with Gasteiger partial charge in [0.15, 0.2) is 0 Å². The molecule has 33 heavy (non-hydrogen) atoms. The van der Waals surface area contributed by atoms with Crippen molar-refractivity contribution in [2.75, 3.05) is 6.54 Å². The van der Waals surface area contributed by atoms with E-state index in [-0.39, 0.29) is 23.7 Å². The summed E-state index contributed by atoms with van der Waals surface area (Å²) in [5, 5.41) is 11.9. The molecule has 1 aliphatic heterocycles. The van der Waals surface area contributed by atoms with E-state index in [0.717, 1.165) is 22.0 Å². The second-order valence-corrected chi connectivity index (χ2v) is 7.89. The van der Waals surface area contributed by atoms with Gasteiger partial charge in [-0.25, -0.2) is 4.39 Å². The van der Waals surface area contributed by atoms with Crippen LogP contribution >= 0.6 is 0 Å². The molecule has 1 unspecified atom stereocenters. The number of hydrogen-bond donors (Lipinski definition) is 2. The van der Waals surface area contributed by atoms with Gasteiger partial charge in [0, 0.05) is 47.2 Å². The van der Waals surface area contributed by atoms with E-state index in [0.29, 0.717) is 12.0 Å². The summed E-state index contributed by atoms with van der Waals surface area (Å²) in [6.45, 7) is 0.230. The van der Waals surface area contributed by atoms with Crippen molar-refractivity contribution in [3.8, 4) is 0 Å². The number of carbonyl (C=O) groups is 2. The number of hydrogen-bond acceptors (Lipinski definition) is 4. The first kappa shape index (κ1) is 20.6. The van der Waals surface area contributed by atoms with Crippen LogP contribution in [0.1, 0.15) is 22.7 Å². The number of H-pyrrole nitrogens is 1. The number of nitrogens with one attached hydrogen (secondary N) is 1. The first-order valence-corrected chi connectivity index (χ1v) is 10.5. The minimum absolute atomic E-state index is 0.0371. The fourth-order valence-electron chi connectivity index (χ4n) is 4.32. The van der Waals surface area contributed by atoms with Crippen LogP contribution in [0.3, 0.4) is 0 Å². The molecular formula is C26H20FN3O3. The third-order valence-corrected chi connectivity index (χ3v) is 5.96. The Morgan fingerprint density at radius 3 is 2.52 bits per heavy atom. The van der Waals surface area contributed by atoms with Crippen molar-refractivity contribution in [1.82, 2.24) is 14.9 Å². The van der Waals surface area contributed by atoms with Crippen LogP contribution in [-0.2, 0) is 16.0 Å². The number of aromatic nitrogens is 2. The first-order chi connectivity index (χ1) is 16.0. The summed E-state index contributed by atoms with van der Waals surface area (Å²) in [7, 11) is 0. The first-order valence-electron chi connectivity index (χ1n) is 10.5. The number of likely N-dealkylation sites (tertiary alicyclic amines) is 1. The fraction of sp³-hybridized carbons (Fsp3) is 0.115. The van der Waals surface area contributed by atoms with Crippen molar-refractivity contribution in [1.29, 1.82) is 0 Å². The van der Waals surface area contributed by atoms with Crippen LogP contribution in [0.2, 0.25) is 0 Å². The number of aliphatic hydroxyl groups is 1. The number of pyridine rings is 1. The van der Waals surface area contributed by atoms with Crippen LogP contribution in [0.4, 0.5) is 4.39 Å². The van der Waals surface area contributed by atoms with E-state index in [9.17, 15) is 19.1 Å². The van der Waals surface area contributed by atoms with Gasteiger partial charge in [0.05, 0.1) is 11.6 Å². The van der Waals surface area contributed by atoms with Gasteiger partial charge in [0.2, 0.25) is 0 Å². The number of benzene rings is 2. The molecule has 1 saturated heterocycles. The summed E-state index contributed by atoms with van der Waals surface area (Å²) in [6, 6.07) is 16.1. The monoisotopic (exact) mass is 441 g/mol. The van der Waals surface area contributed by atoms with E-state index < -0.39 is 17.7 Å². The highest BCUT2D eigenvalue weighted by Gasteiger charge is 2.46. The molecule has 0 spiro atoms. The number of nitrogens with zero attached hydrogens (tertiary/aromatic N) is 2. The molecule has 0 radical (unpaired) electrons. The highest BCUT2D eigenvalue weighted by Crippen LogP contribution is 2.41.